The van der Waals surface area contributed by atoms with Crippen LogP contribution in [0.5, 0.6) is 5.75 Å². The lowest BCUT2D eigenvalue weighted by Crippen LogP contribution is -1.97. The number of hydrogen-bond acceptors (Lipinski definition) is 8. The Morgan fingerprint density at radius 1 is 1.18 bits per heavy atom. The van der Waals surface area contributed by atoms with Crippen LogP contribution in [0.2, 0.25) is 0 Å². The summed E-state index contributed by atoms with van der Waals surface area (Å²) in [6, 6.07) is 6.11. The van der Waals surface area contributed by atoms with E-state index in [1.54, 1.807) is 0 Å². The Morgan fingerprint density at radius 3 is 2.55 bits per heavy atom. The number of nitro benzene ring substituents is 1. The Morgan fingerprint density at radius 2 is 1.95 bits per heavy atom. The number of hydrazone groups is 1. The number of aromatic nitrogens is 1. The average molecular weight is 303 g/mol. The monoisotopic (exact) mass is 303 g/mol. The van der Waals surface area contributed by atoms with Crippen molar-refractivity contribution in [3.63, 3.8) is 0 Å². The summed E-state index contributed by atoms with van der Waals surface area (Å²) in [5.41, 5.74) is 2.18. The maximum absolute atomic E-state index is 10.8. The van der Waals surface area contributed by atoms with Gasteiger partial charge in [-0.25, -0.2) is 4.98 Å². The molecule has 0 aliphatic heterocycles. The van der Waals surface area contributed by atoms with E-state index in [9.17, 15) is 25.3 Å². The standard InChI is InChI=1S/C12H9N5O5/c18-10-2-3-11(17(21)22)8(5-10)6-14-15-12-4-1-9(7-13-12)16(19)20/h1-7,18H,(H,13,15)/b14-6-. The number of nitro groups is 2. The number of anilines is 1. The highest BCUT2D eigenvalue weighted by molar-refractivity contribution is 5.86. The van der Waals surface area contributed by atoms with Crippen LogP contribution in [-0.2, 0) is 0 Å². The Labute approximate surface area is 123 Å². The lowest BCUT2D eigenvalue weighted by Gasteiger charge is -2.00. The first-order valence-corrected chi connectivity index (χ1v) is 5.84. The minimum absolute atomic E-state index is 0.0967. The van der Waals surface area contributed by atoms with Crippen molar-refractivity contribution in [3.8, 4) is 5.75 Å². The Hall–Kier alpha value is -3.56. The minimum atomic E-state index is -0.606. The molecule has 2 rings (SSSR count). The molecule has 0 saturated carbocycles. The molecule has 1 heterocycles. The van der Waals surface area contributed by atoms with Crippen molar-refractivity contribution < 1.29 is 15.0 Å². The molecule has 0 radical (unpaired) electrons. The van der Waals surface area contributed by atoms with E-state index < -0.39 is 9.85 Å². The Kier molecular flexibility index (Phi) is 4.22. The SMILES string of the molecule is O=[N+]([O-])c1ccc(N/N=C\c2cc(O)ccc2[N+](=O)[O-])nc1. The van der Waals surface area contributed by atoms with Crippen molar-refractivity contribution in [2.24, 2.45) is 5.10 Å². The van der Waals surface area contributed by atoms with Gasteiger partial charge in [0.2, 0.25) is 0 Å². The zero-order valence-electron chi connectivity index (χ0n) is 10.9. The van der Waals surface area contributed by atoms with Crippen LogP contribution in [0, 0.1) is 20.2 Å². The van der Waals surface area contributed by atoms with Crippen LogP contribution in [0.15, 0.2) is 41.6 Å². The molecule has 0 spiro atoms. The van der Waals surface area contributed by atoms with E-state index in [4.69, 9.17) is 0 Å². The first kappa shape index (κ1) is 14.8. The highest BCUT2D eigenvalue weighted by Crippen LogP contribution is 2.21. The largest absolute Gasteiger partial charge is 0.508 e. The van der Waals surface area contributed by atoms with Crippen LogP contribution in [0.1, 0.15) is 5.56 Å². The molecule has 0 atom stereocenters. The van der Waals surface area contributed by atoms with Gasteiger partial charge in [-0.3, -0.25) is 25.7 Å². The summed E-state index contributed by atoms with van der Waals surface area (Å²) < 4.78 is 0. The molecule has 112 valence electrons. The maximum atomic E-state index is 10.8. The number of pyridine rings is 1. The van der Waals surface area contributed by atoms with E-state index in [1.165, 1.54) is 24.3 Å². The Balaban J connectivity index is 2.14. The molecule has 22 heavy (non-hydrogen) atoms. The zero-order valence-corrected chi connectivity index (χ0v) is 10.9. The van der Waals surface area contributed by atoms with Crippen molar-refractivity contribution >= 4 is 23.4 Å². The summed E-state index contributed by atoms with van der Waals surface area (Å²) in [5, 5.41) is 34.4. The summed E-state index contributed by atoms with van der Waals surface area (Å²) >= 11 is 0. The third kappa shape index (κ3) is 3.50. The maximum Gasteiger partial charge on any atom is 0.287 e. The van der Waals surface area contributed by atoms with E-state index in [0.29, 0.717) is 0 Å². The molecular formula is C12H9N5O5. The van der Waals surface area contributed by atoms with Gasteiger partial charge in [-0.05, 0) is 18.2 Å². The van der Waals surface area contributed by atoms with Gasteiger partial charge in [0.25, 0.3) is 11.4 Å². The number of aromatic hydroxyl groups is 1. The fraction of sp³-hybridized carbons (Fsp3) is 0. The number of rotatable bonds is 5. The third-order valence-corrected chi connectivity index (χ3v) is 2.55. The molecule has 10 heteroatoms. The van der Waals surface area contributed by atoms with Crippen LogP contribution in [0.3, 0.4) is 0 Å². The van der Waals surface area contributed by atoms with Gasteiger partial charge in [0.05, 0.1) is 21.6 Å². The molecule has 2 N–H and O–H groups in total. The Bertz CT molecular complexity index is 744. The second-order valence-corrected chi connectivity index (χ2v) is 4.03. The molecule has 0 saturated heterocycles. The number of phenols is 1. The molecule has 10 nitrogen and oxygen atoms in total. The molecule has 0 amide bonds. The third-order valence-electron chi connectivity index (χ3n) is 2.55. The lowest BCUT2D eigenvalue weighted by molar-refractivity contribution is -0.385. The zero-order chi connectivity index (χ0) is 16.1. The van der Waals surface area contributed by atoms with Gasteiger partial charge < -0.3 is 5.11 Å². The summed E-state index contributed by atoms with van der Waals surface area (Å²) in [6.07, 6.45) is 2.19. The van der Waals surface area contributed by atoms with Crippen LogP contribution in [0.4, 0.5) is 17.2 Å². The first-order chi connectivity index (χ1) is 10.5. The summed E-state index contributed by atoms with van der Waals surface area (Å²) in [6.45, 7) is 0. The predicted octanol–water partition coefficient (Wildman–Crippen LogP) is 2.05. The van der Waals surface area contributed by atoms with Gasteiger partial charge in [-0.1, -0.05) is 0 Å². The number of nitrogens with zero attached hydrogens (tertiary/aromatic N) is 4. The average Bonchev–Trinajstić information content (AvgIpc) is 2.47. The molecule has 1 aromatic heterocycles. The van der Waals surface area contributed by atoms with Crippen molar-refractivity contribution in [2.75, 3.05) is 5.43 Å². The lowest BCUT2D eigenvalue weighted by atomic mass is 10.2. The van der Waals surface area contributed by atoms with Gasteiger partial charge in [-0.15, -0.1) is 0 Å². The number of hydrogen-bond donors (Lipinski definition) is 2. The molecule has 0 bridgehead atoms. The van der Waals surface area contributed by atoms with Crippen LogP contribution < -0.4 is 5.43 Å². The molecule has 0 aliphatic rings. The smallest absolute Gasteiger partial charge is 0.287 e. The van der Waals surface area contributed by atoms with E-state index in [-0.39, 0.29) is 28.5 Å². The number of benzene rings is 1. The molecule has 0 unspecified atom stereocenters. The highest BCUT2D eigenvalue weighted by atomic mass is 16.6. The molecule has 0 aliphatic carbocycles. The summed E-state index contributed by atoms with van der Waals surface area (Å²) in [4.78, 5) is 23.9. The number of phenolic OH excluding ortho intramolecular Hbond substituents is 1. The second-order valence-electron chi connectivity index (χ2n) is 4.03. The van der Waals surface area contributed by atoms with Gasteiger partial charge in [0.15, 0.2) is 0 Å². The van der Waals surface area contributed by atoms with E-state index in [2.05, 4.69) is 15.5 Å². The second kappa shape index (κ2) is 6.26. The van der Waals surface area contributed by atoms with E-state index in [1.807, 2.05) is 0 Å². The summed E-state index contributed by atoms with van der Waals surface area (Å²) in [5.74, 6) is 0.0881. The van der Waals surface area contributed by atoms with Crippen molar-refractivity contribution in [3.05, 3.63) is 62.3 Å². The van der Waals surface area contributed by atoms with Gasteiger partial charge >= 0.3 is 0 Å². The summed E-state index contributed by atoms with van der Waals surface area (Å²) in [7, 11) is 0. The fourth-order valence-corrected chi connectivity index (χ4v) is 1.54. The molecular weight excluding hydrogens is 294 g/mol. The highest BCUT2D eigenvalue weighted by Gasteiger charge is 2.12. The van der Waals surface area contributed by atoms with Crippen LogP contribution in [0.25, 0.3) is 0 Å². The van der Waals surface area contributed by atoms with Crippen LogP contribution >= 0.6 is 0 Å². The molecule has 2 aromatic rings. The predicted molar refractivity (Wildman–Crippen MR) is 76.9 cm³/mol. The number of nitrogens with one attached hydrogen (secondary N) is 1. The topological polar surface area (TPSA) is 144 Å². The van der Waals surface area contributed by atoms with E-state index in [0.717, 1.165) is 18.5 Å². The van der Waals surface area contributed by atoms with Crippen molar-refractivity contribution in [1.29, 1.82) is 0 Å². The first-order valence-electron chi connectivity index (χ1n) is 5.84. The molecule has 1 aromatic carbocycles. The van der Waals surface area contributed by atoms with Gasteiger partial charge in [0, 0.05) is 12.1 Å². The van der Waals surface area contributed by atoms with Crippen molar-refractivity contribution in [1.82, 2.24) is 4.98 Å². The van der Waals surface area contributed by atoms with E-state index >= 15 is 0 Å². The van der Waals surface area contributed by atoms with Crippen molar-refractivity contribution in [2.45, 2.75) is 0 Å². The fourth-order valence-electron chi connectivity index (χ4n) is 1.54. The molecule has 0 fully saturated rings. The van der Waals surface area contributed by atoms with Crippen LogP contribution in [-0.4, -0.2) is 26.2 Å². The minimum Gasteiger partial charge on any atom is -0.508 e. The quantitative estimate of drug-likeness (QED) is 0.488. The van der Waals surface area contributed by atoms with Gasteiger partial charge in [-0.2, -0.15) is 5.10 Å². The normalized spacial score (nSPS) is 10.5. The van der Waals surface area contributed by atoms with Gasteiger partial charge in [0.1, 0.15) is 17.8 Å².